The summed E-state index contributed by atoms with van der Waals surface area (Å²) in [6.07, 6.45) is 1.35. The van der Waals surface area contributed by atoms with E-state index in [9.17, 15) is 8.78 Å². The molecule has 27 heavy (non-hydrogen) atoms. The summed E-state index contributed by atoms with van der Waals surface area (Å²) < 4.78 is 41.2. The van der Waals surface area contributed by atoms with Crippen molar-refractivity contribution in [2.45, 2.75) is 25.1 Å². The number of benzene rings is 2. The summed E-state index contributed by atoms with van der Waals surface area (Å²) in [6.45, 7) is -1.84. The molecule has 0 aromatic heterocycles. The Morgan fingerprint density at radius 1 is 1.11 bits per heavy atom. The number of ether oxygens (including phenoxy) is 3. The highest BCUT2D eigenvalue weighted by molar-refractivity contribution is 6.02. The lowest BCUT2D eigenvalue weighted by Crippen LogP contribution is -2.29. The quantitative estimate of drug-likeness (QED) is 0.800. The first-order chi connectivity index (χ1) is 13.0. The molecule has 0 radical (unpaired) electrons. The first kappa shape index (κ1) is 17.5. The molecule has 4 rings (SSSR count). The summed E-state index contributed by atoms with van der Waals surface area (Å²) >= 11 is 0. The summed E-state index contributed by atoms with van der Waals surface area (Å²) in [5.41, 5.74) is 7.23. The van der Waals surface area contributed by atoms with Gasteiger partial charge in [0.05, 0.1) is 18.9 Å². The number of rotatable bonds is 5. The van der Waals surface area contributed by atoms with E-state index in [0.717, 1.165) is 6.42 Å². The van der Waals surface area contributed by atoms with E-state index < -0.39 is 12.2 Å². The third-order valence-corrected chi connectivity index (χ3v) is 4.51. The van der Waals surface area contributed by atoms with Gasteiger partial charge in [-0.1, -0.05) is 5.16 Å². The molecule has 0 saturated carbocycles. The first-order valence-corrected chi connectivity index (χ1v) is 8.48. The molecule has 0 bridgehead atoms. The molecular weight excluding hydrogens is 358 g/mol. The molecule has 0 amide bonds. The Balaban J connectivity index is 1.61. The van der Waals surface area contributed by atoms with Crippen molar-refractivity contribution in [3.05, 3.63) is 48.0 Å². The average molecular weight is 376 g/mol. The Labute approximate surface area is 154 Å². The highest BCUT2D eigenvalue weighted by Gasteiger charge is 2.43. The van der Waals surface area contributed by atoms with E-state index in [1.807, 2.05) is 0 Å². The van der Waals surface area contributed by atoms with Crippen LogP contribution in [-0.4, -0.2) is 31.1 Å². The standard InChI is InChI=1S/C19H18F2N2O4/c20-18(21)26-16-6-1-12(15-10-19(27-23-15)7-8-24-11-19)9-17(16)25-14-4-2-13(22)3-5-14/h1-6,9,18H,7-8,10-11,22H2. The minimum Gasteiger partial charge on any atom is -0.453 e. The van der Waals surface area contributed by atoms with E-state index in [1.165, 1.54) is 6.07 Å². The lowest BCUT2D eigenvalue weighted by Gasteiger charge is -2.17. The van der Waals surface area contributed by atoms with Crippen LogP contribution in [0.4, 0.5) is 14.5 Å². The van der Waals surface area contributed by atoms with Gasteiger partial charge in [-0.25, -0.2) is 0 Å². The number of nitrogens with zero attached hydrogens (tertiary/aromatic N) is 1. The zero-order chi connectivity index (χ0) is 18.9. The van der Waals surface area contributed by atoms with Crippen molar-refractivity contribution in [1.29, 1.82) is 0 Å². The first-order valence-electron chi connectivity index (χ1n) is 8.48. The van der Waals surface area contributed by atoms with E-state index in [1.54, 1.807) is 36.4 Å². The number of anilines is 1. The molecule has 2 aliphatic heterocycles. The van der Waals surface area contributed by atoms with E-state index >= 15 is 0 Å². The summed E-state index contributed by atoms with van der Waals surface area (Å²) in [7, 11) is 0. The monoisotopic (exact) mass is 376 g/mol. The maximum atomic E-state index is 12.7. The van der Waals surface area contributed by atoms with Crippen LogP contribution in [0.1, 0.15) is 18.4 Å². The molecule has 1 spiro atoms. The number of nitrogens with two attached hydrogens (primary N) is 1. The number of hydrogen-bond acceptors (Lipinski definition) is 6. The Morgan fingerprint density at radius 3 is 2.63 bits per heavy atom. The second-order valence-electron chi connectivity index (χ2n) is 6.50. The van der Waals surface area contributed by atoms with Crippen molar-refractivity contribution >= 4 is 11.4 Å². The molecule has 1 fully saturated rings. The third-order valence-electron chi connectivity index (χ3n) is 4.51. The summed E-state index contributed by atoms with van der Waals surface area (Å²) in [4.78, 5) is 5.59. The maximum absolute atomic E-state index is 12.7. The van der Waals surface area contributed by atoms with Crippen LogP contribution in [0.5, 0.6) is 17.2 Å². The largest absolute Gasteiger partial charge is 0.453 e. The minimum absolute atomic E-state index is 0.0657. The van der Waals surface area contributed by atoms with Gasteiger partial charge in [0.1, 0.15) is 5.75 Å². The van der Waals surface area contributed by atoms with Crippen molar-refractivity contribution < 1.29 is 27.8 Å². The van der Waals surface area contributed by atoms with E-state index in [0.29, 0.717) is 42.3 Å². The lowest BCUT2D eigenvalue weighted by atomic mass is 9.93. The van der Waals surface area contributed by atoms with Crippen molar-refractivity contribution in [2.75, 3.05) is 18.9 Å². The van der Waals surface area contributed by atoms with Crippen LogP contribution in [0.25, 0.3) is 0 Å². The molecule has 2 aromatic carbocycles. The normalized spacial score (nSPS) is 21.4. The highest BCUT2D eigenvalue weighted by atomic mass is 19.3. The van der Waals surface area contributed by atoms with Gasteiger partial charge in [-0.2, -0.15) is 8.78 Å². The van der Waals surface area contributed by atoms with Crippen molar-refractivity contribution in [3.63, 3.8) is 0 Å². The number of nitrogen functional groups attached to an aromatic ring is 1. The zero-order valence-electron chi connectivity index (χ0n) is 14.4. The predicted octanol–water partition coefficient (Wildman–Crippen LogP) is 3.95. The van der Waals surface area contributed by atoms with Crippen LogP contribution in [0, 0.1) is 0 Å². The predicted molar refractivity (Wildman–Crippen MR) is 94.4 cm³/mol. The van der Waals surface area contributed by atoms with Crippen LogP contribution >= 0.6 is 0 Å². The Hall–Kier alpha value is -2.87. The number of oxime groups is 1. The van der Waals surface area contributed by atoms with E-state index in [2.05, 4.69) is 9.89 Å². The molecule has 6 nitrogen and oxygen atoms in total. The van der Waals surface area contributed by atoms with Gasteiger partial charge in [0.2, 0.25) is 0 Å². The molecule has 8 heteroatoms. The molecule has 1 saturated heterocycles. The maximum Gasteiger partial charge on any atom is 0.387 e. The summed E-state index contributed by atoms with van der Waals surface area (Å²) in [5.74, 6) is 0.540. The lowest BCUT2D eigenvalue weighted by molar-refractivity contribution is -0.0510. The fourth-order valence-electron chi connectivity index (χ4n) is 3.10. The number of alkyl halides is 2. The molecule has 2 heterocycles. The van der Waals surface area contributed by atoms with Gasteiger partial charge in [0.15, 0.2) is 17.1 Å². The zero-order valence-corrected chi connectivity index (χ0v) is 14.4. The Bertz CT molecular complexity index is 849. The van der Waals surface area contributed by atoms with Gasteiger partial charge >= 0.3 is 6.61 Å². The van der Waals surface area contributed by atoms with Gasteiger partial charge in [0.25, 0.3) is 0 Å². The van der Waals surface area contributed by atoms with Gasteiger partial charge < -0.3 is 24.8 Å². The second kappa shape index (κ2) is 7.03. The van der Waals surface area contributed by atoms with Crippen LogP contribution in [-0.2, 0) is 9.57 Å². The van der Waals surface area contributed by atoms with Crippen LogP contribution in [0.2, 0.25) is 0 Å². The van der Waals surface area contributed by atoms with Gasteiger partial charge in [-0.05, 0) is 42.5 Å². The van der Waals surface area contributed by atoms with E-state index in [4.69, 9.17) is 20.0 Å². The molecule has 2 aliphatic rings. The number of halogens is 2. The fraction of sp³-hybridized carbons (Fsp3) is 0.316. The highest BCUT2D eigenvalue weighted by Crippen LogP contribution is 2.38. The van der Waals surface area contributed by atoms with Crippen molar-refractivity contribution in [3.8, 4) is 17.2 Å². The topological polar surface area (TPSA) is 75.3 Å². The smallest absolute Gasteiger partial charge is 0.387 e. The summed E-state index contributed by atoms with van der Waals surface area (Å²) in [5, 5.41) is 4.17. The number of hydrogen-bond donors (Lipinski definition) is 1. The van der Waals surface area contributed by atoms with Crippen LogP contribution in [0.15, 0.2) is 47.6 Å². The minimum atomic E-state index is -2.96. The molecule has 0 aliphatic carbocycles. The van der Waals surface area contributed by atoms with Crippen molar-refractivity contribution in [1.82, 2.24) is 0 Å². The molecule has 1 unspecified atom stereocenters. The molecule has 142 valence electrons. The average Bonchev–Trinajstić information content (AvgIpc) is 3.28. The second-order valence-corrected chi connectivity index (χ2v) is 6.50. The Morgan fingerprint density at radius 2 is 1.93 bits per heavy atom. The molecule has 2 aromatic rings. The van der Waals surface area contributed by atoms with Gasteiger partial charge in [-0.3, -0.25) is 0 Å². The Kier molecular flexibility index (Phi) is 4.57. The molecule has 1 atom stereocenters. The summed E-state index contributed by atoms with van der Waals surface area (Å²) in [6, 6.07) is 11.3. The van der Waals surface area contributed by atoms with Crippen molar-refractivity contribution in [2.24, 2.45) is 5.16 Å². The SMILES string of the molecule is Nc1ccc(Oc2cc(C3=NOC4(CCOC4)C3)ccc2OC(F)F)cc1. The van der Waals surface area contributed by atoms with Crippen LogP contribution in [0.3, 0.4) is 0 Å². The van der Waals surface area contributed by atoms with Gasteiger partial charge in [-0.15, -0.1) is 0 Å². The van der Waals surface area contributed by atoms with Crippen LogP contribution < -0.4 is 15.2 Å². The molecular formula is C19H18F2N2O4. The fourth-order valence-corrected chi connectivity index (χ4v) is 3.10. The molecule has 2 N–H and O–H groups in total. The van der Waals surface area contributed by atoms with E-state index in [-0.39, 0.29) is 11.5 Å². The third kappa shape index (κ3) is 3.80. The van der Waals surface area contributed by atoms with Gasteiger partial charge in [0, 0.05) is 24.1 Å².